The summed E-state index contributed by atoms with van der Waals surface area (Å²) in [5, 5.41) is 3.61. The molecule has 0 spiro atoms. The fourth-order valence-electron chi connectivity index (χ4n) is 1.92. The number of nitrogens with one attached hydrogen (secondary N) is 1. The van der Waals surface area contributed by atoms with Gasteiger partial charge in [-0.2, -0.15) is 0 Å². The van der Waals surface area contributed by atoms with Gasteiger partial charge in [0.1, 0.15) is 5.03 Å². The normalized spacial score (nSPS) is 10.4. The maximum absolute atomic E-state index is 12.0. The van der Waals surface area contributed by atoms with Crippen molar-refractivity contribution in [2.75, 3.05) is 16.8 Å². The molecular formula is C15H18N4OS. The van der Waals surface area contributed by atoms with Crippen LogP contribution in [0.4, 0.5) is 11.6 Å². The lowest BCUT2D eigenvalue weighted by atomic mass is 10.1. The standard InChI is InChI=1S/C15H18N4OS/c1-9-4-5-12(10(2)6-9)18-13(20)8-21-14-7-11(3)17-15(16)19-14/h4-7H,8H2,1-3H3,(H,18,20)(H2,16,17,19). The Morgan fingerprint density at radius 2 is 2.00 bits per heavy atom. The van der Waals surface area contributed by atoms with Crippen molar-refractivity contribution in [1.82, 2.24) is 9.97 Å². The molecule has 0 fully saturated rings. The van der Waals surface area contributed by atoms with Crippen LogP contribution >= 0.6 is 11.8 Å². The molecule has 3 N–H and O–H groups in total. The van der Waals surface area contributed by atoms with Gasteiger partial charge in [-0.3, -0.25) is 4.79 Å². The van der Waals surface area contributed by atoms with E-state index in [9.17, 15) is 4.79 Å². The van der Waals surface area contributed by atoms with Crippen LogP contribution in [0.1, 0.15) is 16.8 Å². The first-order valence-corrected chi connectivity index (χ1v) is 7.53. The van der Waals surface area contributed by atoms with E-state index in [1.165, 1.54) is 17.3 Å². The second-order valence-electron chi connectivity index (χ2n) is 4.86. The van der Waals surface area contributed by atoms with Crippen LogP contribution in [0.5, 0.6) is 0 Å². The zero-order chi connectivity index (χ0) is 15.4. The first kappa shape index (κ1) is 15.3. The summed E-state index contributed by atoms with van der Waals surface area (Å²) in [6.45, 7) is 5.85. The number of nitrogens with two attached hydrogens (primary N) is 1. The van der Waals surface area contributed by atoms with Crippen molar-refractivity contribution in [3.8, 4) is 0 Å². The predicted molar refractivity (Wildman–Crippen MR) is 86.5 cm³/mol. The fraction of sp³-hybridized carbons (Fsp3) is 0.267. The number of rotatable bonds is 4. The third kappa shape index (κ3) is 4.46. The minimum absolute atomic E-state index is 0.0678. The Labute approximate surface area is 128 Å². The first-order chi connectivity index (χ1) is 9.94. The molecule has 5 nitrogen and oxygen atoms in total. The molecule has 0 aliphatic rings. The number of carbonyl (C=O) groups excluding carboxylic acids is 1. The summed E-state index contributed by atoms with van der Waals surface area (Å²) in [5.74, 6) is 0.442. The number of hydrogen-bond acceptors (Lipinski definition) is 5. The van der Waals surface area contributed by atoms with Crippen molar-refractivity contribution in [3.63, 3.8) is 0 Å². The van der Waals surface area contributed by atoms with Gasteiger partial charge in [0.2, 0.25) is 11.9 Å². The molecule has 1 amide bonds. The number of benzene rings is 1. The van der Waals surface area contributed by atoms with E-state index in [1.807, 2.05) is 45.0 Å². The maximum Gasteiger partial charge on any atom is 0.234 e. The van der Waals surface area contributed by atoms with E-state index >= 15 is 0 Å². The second kappa shape index (κ2) is 6.58. The Kier molecular flexibility index (Phi) is 4.80. The SMILES string of the molecule is Cc1ccc(NC(=O)CSc2cc(C)nc(N)n2)c(C)c1. The van der Waals surface area contributed by atoms with E-state index in [1.54, 1.807) is 0 Å². The summed E-state index contributed by atoms with van der Waals surface area (Å²) >= 11 is 1.34. The number of aryl methyl sites for hydroxylation is 3. The smallest absolute Gasteiger partial charge is 0.234 e. The lowest BCUT2D eigenvalue weighted by Crippen LogP contribution is -2.15. The van der Waals surface area contributed by atoms with Crippen LogP contribution in [0.15, 0.2) is 29.3 Å². The average Bonchev–Trinajstić information content (AvgIpc) is 2.39. The monoisotopic (exact) mass is 302 g/mol. The van der Waals surface area contributed by atoms with Gasteiger partial charge in [0.05, 0.1) is 5.75 Å². The van der Waals surface area contributed by atoms with Crippen LogP contribution in [0.2, 0.25) is 0 Å². The maximum atomic E-state index is 12.0. The number of nitrogens with zero attached hydrogens (tertiary/aromatic N) is 2. The van der Waals surface area contributed by atoms with E-state index in [0.29, 0.717) is 5.03 Å². The molecule has 0 saturated carbocycles. The lowest BCUT2D eigenvalue weighted by Gasteiger charge is -2.09. The summed E-state index contributed by atoms with van der Waals surface area (Å²) in [5.41, 5.74) is 9.44. The Hall–Kier alpha value is -2.08. The third-order valence-electron chi connectivity index (χ3n) is 2.86. The van der Waals surface area contributed by atoms with E-state index in [2.05, 4.69) is 15.3 Å². The number of carbonyl (C=O) groups is 1. The summed E-state index contributed by atoms with van der Waals surface area (Å²) in [6.07, 6.45) is 0. The van der Waals surface area contributed by atoms with Gasteiger partial charge in [-0.05, 0) is 38.5 Å². The third-order valence-corrected chi connectivity index (χ3v) is 3.77. The summed E-state index contributed by atoms with van der Waals surface area (Å²) in [7, 11) is 0. The van der Waals surface area contributed by atoms with Crippen molar-refractivity contribution >= 4 is 29.3 Å². The highest BCUT2D eigenvalue weighted by Crippen LogP contribution is 2.19. The molecule has 0 aliphatic carbocycles. The molecule has 1 heterocycles. The number of nitrogen functional groups attached to an aromatic ring is 1. The van der Waals surface area contributed by atoms with Gasteiger partial charge in [-0.1, -0.05) is 29.5 Å². The Morgan fingerprint density at radius 1 is 1.24 bits per heavy atom. The van der Waals surface area contributed by atoms with Crippen LogP contribution in [-0.4, -0.2) is 21.6 Å². The van der Waals surface area contributed by atoms with Crippen molar-refractivity contribution < 1.29 is 4.79 Å². The van der Waals surface area contributed by atoms with E-state index in [0.717, 1.165) is 16.9 Å². The Bertz CT molecular complexity index is 652. The molecule has 1 aromatic carbocycles. The first-order valence-electron chi connectivity index (χ1n) is 6.55. The quantitative estimate of drug-likeness (QED) is 0.670. The molecule has 6 heteroatoms. The zero-order valence-electron chi connectivity index (χ0n) is 12.3. The molecule has 0 aliphatic heterocycles. The van der Waals surface area contributed by atoms with E-state index in [4.69, 9.17) is 5.73 Å². The highest BCUT2D eigenvalue weighted by molar-refractivity contribution is 7.99. The van der Waals surface area contributed by atoms with Gasteiger partial charge in [0.25, 0.3) is 0 Å². The van der Waals surface area contributed by atoms with Gasteiger partial charge in [-0.25, -0.2) is 9.97 Å². The number of amides is 1. The molecule has 21 heavy (non-hydrogen) atoms. The fourth-order valence-corrected chi connectivity index (χ4v) is 2.68. The van der Waals surface area contributed by atoms with Crippen LogP contribution in [-0.2, 0) is 4.79 Å². The molecule has 0 bridgehead atoms. The van der Waals surface area contributed by atoms with Crippen molar-refractivity contribution in [3.05, 3.63) is 41.1 Å². The molecule has 0 unspecified atom stereocenters. The van der Waals surface area contributed by atoms with Gasteiger partial charge in [-0.15, -0.1) is 0 Å². The zero-order valence-corrected chi connectivity index (χ0v) is 13.1. The molecular weight excluding hydrogens is 284 g/mol. The molecule has 1 aromatic heterocycles. The van der Waals surface area contributed by atoms with Crippen LogP contribution in [0.3, 0.4) is 0 Å². The molecule has 0 atom stereocenters. The Morgan fingerprint density at radius 3 is 2.67 bits per heavy atom. The van der Waals surface area contributed by atoms with Gasteiger partial charge >= 0.3 is 0 Å². The van der Waals surface area contributed by atoms with Gasteiger partial charge in [0.15, 0.2) is 0 Å². The van der Waals surface area contributed by atoms with Gasteiger partial charge in [0, 0.05) is 11.4 Å². The van der Waals surface area contributed by atoms with Crippen LogP contribution in [0.25, 0.3) is 0 Å². The predicted octanol–water partition coefficient (Wildman–Crippen LogP) is 2.71. The molecule has 0 saturated heterocycles. The molecule has 110 valence electrons. The minimum atomic E-state index is -0.0678. The van der Waals surface area contributed by atoms with Crippen LogP contribution < -0.4 is 11.1 Å². The number of thioether (sulfide) groups is 1. The number of hydrogen-bond donors (Lipinski definition) is 2. The number of anilines is 2. The topological polar surface area (TPSA) is 80.9 Å². The summed E-state index contributed by atoms with van der Waals surface area (Å²) < 4.78 is 0. The van der Waals surface area contributed by atoms with Crippen molar-refractivity contribution in [2.24, 2.45) is 0 Å². The highest BCUT2D eigenvalue weighted by atomic mass is 32.2. The number of aromatic nitrogens is 2. The minimum Gasteiger partial charge on any atom is -0.368 e. The van der Waals surface area contributed by atoms with E-state index < -0.39 is 0 Å². The van der Waals surface area contributed by atoms with Crippen molar-refractivity contribution in [1.29, 1.82) is 0 Å². The van der Waals surface area contributed by atoms with E-state index in [-0.39, 0.29) is 17.6 Å². The summed E-state index contributed by atoms with van der Waals surface area (Å²) in [4.78, 5) is 20.1. The molecule has 2 rings (SSSR count). The Balaban J connectivity index is 1.95. The molecule has 0 radical (unpaired) electrons. The molecule has 2 aromatic rings. The van der Waals surface area contributed by atoms with Crippen LogP contribution in [0, 0.1) is 20.8 Å². The van der Waals surface area contributed by atoms with Crippen molar-refractivity contribution in [2.45, 2.75) is 25.8 Å². The highest BCUT2D eigenvalue weighted by Gasteiger charge is 2.07. The van der Waals surface area contributed by atoms with Gasteiger partial charge < -0.3 is 11.1 Å². The summed E-state index contributed by atoms with van der Waals surface area (Å²) in [6, 6.07) is 7.74. The largest absolute Gasteiger partial charge is 0.368 e. The average molecular weight is 302 g/mol. The lowest BCUT2D eigenvalue weighted by molar-refractivity contribution is -0.113. The second-order valence-corrected chi connectivity index (χ2v) is 5.86.